The van der Waals surface area contributed by atoms with Crippen molar-refractivity contribution in [3.8, 4) is 17.0 Å². The van der Waals surface area contributed by atoms with Crippen molar-refractivity contribution < 1.29 is 28.6 Å². The minimum absolute atomic E-state index is 0.0645. The lowest BCUT2D eigenvalue weighted by atomic mass is 9.89. The maximum atomic E-state index is 14.3. The van der Waals surface area contributed by atoms with Crippen molar-refractivity contribution in [1.82, 2.24) is 25.1 Å². The highest BCUT2D eigenvalue weighted by atomic mass is 16.5. The smallest absolute Gasteiger partial charge is 0.407 e. The van der Waals surface area contributed by atoms with E-state index in [2.05, 4.69) is 15.2 Å². The second-order valence-electron chi connectivity index (χ2n) is 11.1. The van der Waals surface area contributed by atoms with Gasteiger partial charge in [-0.25, -0.2) is 14.6 Å². The van der Waals surface area contributed by atoms with Crippen molar-refractivity contribution in [3.63, 3.8) is 0 Å². The molecule has 2 aliphatic rings. The van der Waals surface area contributed by atoms with Crippen LogP contribution in [0.25, 0.3) is 11.3 Å². The molecule has 11 nitrogen and oxygen atoms in total. The van der Waals surface area contributed by atoms with Crippen molar-refractivity contribution >= 4 is 18.0 Å². The SMILES string of the molecule is CCOC(=O)N[C@@H]1CCCC[C@@H]1n1cnc(C(=O)N2CCNCC2CCOc2cccc(C(=O)OC)c2)c1-c1ccccc1. The molecule has 5 rings (SSSR count). The summed E-state index contributed by atoms with van der Waals surface area (Å²) in [4.78, 5) is 45.2. The van der Waals surface area contributed by atoms with Crippen LogP contribution in [-0.4, -0.2) is 84.5 Å². The first-order valence-electron chi connectivity index (χ1n) is 15.4. The van der Waals surface area contributed by atoms with Crippen LogP contribution >= 0.6 is 0 Å². The van der Waals surface area contributed by atoms with Crippen molar-refractivity contribution in [3.05, 3.63) is 72.2 Å². The lowest BCUT2D eigenvalue weighted by molar-refractivity contribution is 0.0588. The second-order valence-corrected chi connectivity index (χ2v) is 11.1. The number of piperazine rings is 1. The summed E-state index contributed by atoms with van der Waals surface area (Å²) in [6.45, 7) is 4.31. The van der Waals surface area contributed by atoms with Crippen LogP contribution in [0.5, 0.6) is 5.75 Å². The van der Waals surface area contributed by atoms with E-state index in [0.29, 0.717) is 56.3 Å². The zero-order valence-corrected chi connectivity index (χ0v) is 25.4. The molecule has 3 atom stereocenters. The van der Waals surface area contributed by atoms with Gasteiger partial charge in [0.15, 0.2) is 5.69 Å². The molecule has 2 fully saturated rings. The minimum Gasteiger partial charge on any atom is -0.493 e. The summed E-state index contributed by atoms with van der Waals surface area (Å²) in [6, 6.07) is 16.4. The summed E-state index contributed by atoms with van der Waals surface area (Å²) in [5.74, 6) is 0.0131. The molecule has 2 heterocycles. The summed E-state index contributed by atoms with van der Waals surface area (Å²) >= 11 is 0. The summed E-state index contributed by atoms with van der Waals surface area (Å²) < 4.78 is 18.1. The van der Waals surface area contributed by atoms with Gasteiger partial charge in [-0.1, -0.05) is 49.2 Å². The number of carbonyl (C=O) groups is 3. The highest BCUT2D eigenvalue weighted by molar-refractivity contribution is 5.98. The van der Waals surface area contributed by atoms with Crippen LogP contribution in [-0.2, 0) is 9.47 Å². The third-order valence-electron chi connectivity index (χ3n) is 8.30. The molecule has 234 valence electrons. The molecule has 1 aliphatic carbocycles. The number of carbonyl (C=O) groups excluding carboxylic acids is 3. The van der Waals surface area contributed by atoms with E-state index in [0.717, 1.165) is 36.9 Å². The van der Waals surface area contributed by atoms with Gasteiger partial charge in [-0.15, -0.1) is 0 Å². The van der Waals surface area contributed by atoms with Crippen LogP contribution in [0.3, 0.4) is 0 Å². The molecule has 11 heteroatoms. The van der Waals surface area contributed by atoms with Crippen molar-refractivity contribution in [2.75, 3.05) is 40.0 Å². The van der Waals surface area contributed by atoms with Crippen LogP contribution in [0.15, 0.2) is 60.9 Å². The average molecular weight is 604 g/mol. The van der Waals surface area contributed by atoms with E-state index in [1.807, 2.05) is 35.2 Å². The largest absolute Gasteiger partial charge is 0.493 e. The van der Waals surface area contributed by atoms with Gasteiger partial charge in [0.2, 0.25) is 0 Å². The third-order valence-corrected chi connectivity index (χ3v) is 8.30. The molecule has 1 aromatic heterocycles. The number of alkyl carbamates (subject to hydrolysis) is 1. The second kappa shape index (κ2) is 14.9. The Hall–Kier alpha value is -4.38. The summed E-state index contributed by atoms with van der Waals surface area (Å²) in [6.07, 6.45) is 5.62. The molecular weight excluding hydrogens is 562 g/mol. The highest BCUT2D eigenvalue weighted by Crippen LogP contribution is 2.35. The molecule has 1 aliphatic heterocycles. The fourth-order valence-corrected chi connectivity index (χ4v) is 6.15. The molecule has 0 spiro atoms. The Morgan fingerprint density at radius 2 is 1.89 bits per heavy atom. The minimum atomic E-state index is -0.426. The zero-order valence-electron chi connectivity index (χ0n) is 25.4. The molecule has 1 saturated carbocycles. The molecule has 0 radical (unpaired) electrons. The average Bonchev–Trinajstić information content (AvgIpc) is 3.50. The van der Waals surface area contributed by atoms with E-state index >= 15 is 0 Å². The molecule has 3 aromatic rings. The Morgan fingerprint density at radius 3 is 2.68 bits per heavy atom. The molecule has 44 heavy (non-hydrogen) atoms. The number of aromatic nitrogens is 2. The van der Waals surface area contributed by atoms with Gasteiger partial charge < -0.3 is 34.3 Å². The Kier molecular flexibility index (Phi) is 10.5. The van der Waals surface area contributed by atoms with E-state index in [1.54, 1.807) is 37.5 Å². The third kappa shape index (κ3) is 7.21. The molecule has 2 aromatic carbocycles. The van der Waals surface area contributed by atoms with Crippen LogP contribution < -0.4 is 15.4 Å². The van der Waals surface area contributed by atoms with Crippen LogP contribution in [0.2, 0.25) is 0 Å². The zero-order chi connectivity index (χ0) is 30.9. The van der Waals surface area contributed by atoms with E-state index in [4.69, 9.17) is 19.2 Å². The monoisotopic (exact) mass is 603 g/mol. The van der Waals surface area contributed by atoms with E-state index in [9.17, 15) is 14.4 Å². The number of nitrogens with one attached hydrogen (secondary N) is 2. The summed E-state index contributed by atoms with van der Waals surface area (Å²) in [5, 5.41) is 6.45. The summed E-state index contributed by atoms with van der Waals surface area (Å²) in [5.41, 5.74) is 2.47. The summed E-state index contributed by atoms with van der Waals surface area (Å²) in [7, 11) is 1.34. The first kappa shape index (κ1) is 31.1. The molecule has 2 amide bonds. The quantitative estimate of drug-likeness (QED) is 0.326. The number of esters is 1. The molecule has 2 N–H and O–H groups in total. The number of rotatable bonds is 10. The van der Waals surface area contributed by atoms with Crippen LogP contribution in [0.1, 0.15) is 65.9 Å². The van der Waals surface area contributed by atoms with Gasteiger partial charge in [-0.3, -0.25) is 4.79 Å². The Bertz CT molecular complexity index is 1430. The maximum Gasteiger partial charge on any atom is 0.407 e. The number of hydrogen-bond acceptors (Lipinski definition) is 8. The highest BCUT2D eigenvalue weighted by Gasteiger charge is 2.35. The standard InChI is InChI=1S/C33H41N5O6/c1-3-43-33(41)36-27-14-7-8-15-28(27)38-22-35-29(30(38)23-10-5-4-6-11-23)31(39)37-18-17-34-21-25(37)16-19-44-26-13-9-12-24(20-26)32(40)42-2/h4-6,9-13,20,22,25,27-28,34H,3,7-8,14-19,21H2,1-2H3,(H,36,41)/t25?,27-,28+/m1/s1. The number of benzene rings is 2. The predicted octanol–water partition coefficient (Wildman–Crippen LogP) is 4.45. The Labute approximate surface area is 257 Å². The van der Waals surface area contributed by atoms with Crippen LogP contribution in [0.4, 0.5) is 4.79 Å². The first-order valence-corrected chi connectivity index (χ1v) is 15.4. The fraction of sp³-hybridized carbons (Fsp3) is 0.455. The van der Waals surface area contributed by atoms with E-state index < -0.39 is 12.1 Å². The van der Waals surface area contributed by atoms with Crippen LogP contribution in [0, 0.1) is 0 Å². The van der Waals surface area contributed by atoms with Gasteiger partial charge in [-0.2, -0.15) is 0 Å². The molecule has 1 saturated heterocycles. The molecule has 1 unspecified atom stereocenters. The van der Waals surface area contributed by atoms with E-state index in [1.165, 1.54) is 7.11 Å². The van der Waals surface area contributed by atoms with Gasteiger partial charge in [0, 0.05) is 37.7 Å². The predicted molar refractivity (Wildman–Crippen MR) is 165 cm³/mol. The first-order chi connectivity index (χ1) is 21.5. The number of ether oxygens (including phenoxy) is 3. The normalized spacial score (nSPS) is 20.0. The fourth-order valence-electron chi connectivity index (χ4n) is 6.15. The van der Waals surface area contributed by atoms with Gasteiger partial charge >= 0.3 is 12.1 Å². The number of methoxy groups -OCH3 is 1. The number of nitrogens with zero attached hydrogens (tertiary/aromatic N) is 3. The molecular formula is C33H41N5O6. The van der Waals surface area contributed by atoms with E-state index in [-0.39, 0.29) is 24.0 Å². The lowest BCUT2D eigenvalue weighted by Gasteiger charge is -2.36. The topological polar surface area (TPSA) is 124 Å². The van der Waals surface area contributed by atoms with Crippen molar-refractivity contribution in [2.45, 2.75) is 57.2 Å². The van der Waals surface area contributed by atoms with Gasteiger partial charge in [0.1, 0.15) is 5.75 Å². The van der Waals surface area contributed by atoms with Crippen molar-refractivity contribution in [2.24, 2.45) is 0 Å². The Morgan fingerprint density at radius 1 is 1.07 bits per heavy atom. The number of amides is 2. The maximum absolute atomic E-state index is 14.3. The van der Waals surface area contributed by atoms with Gasteiger partial charge in [0.05, 0.1) is 50.0 Å². The van der Waals surface area contributed by atoms with Gasteiger partial charge in [-0.05, 0) is 38.0 Å². The Balaban J connectivity index is 1.37. The molecule has 0 bridgehead atoms. The lowest BCUT2D eigenvalue weighted by Crippen LogP contribution is -2.54. The van der Waals surface area contributed by atoms with Gasteiger partial charge in [0.25, 0.3) is 5.91 Å². The van der Waals surface area contributed by atoms with Crippen molar-refractivity contribution in [1.29, 1.82) is 0 Å². The number of imidazole rings is 1. The number of hydrogen-bond donors (Lipinski definition) is 2.